The molecule has 4 rings (SSSR count). The van der Waals surface area contributed by atoms with Crippen molar-refractivity contribution in [3.63, 3.8) is 0 Å². The van der Waals surface area contributed by atoms with Crippen molar-refractivity contribution in [2.75, 3.05) is 0 Å². The lowest BCUT2D eigenvalue weighted by atomic mass is 9.87. The minimum absolute atomic E-state index is 0.421. The molecule has 4 heteroatoms. The number of hydrogen-bond acceptors (Lipinski definition) is 2. The number of aromatic nitrogens is 1. The molecule has 22 heavy (non-hydrogen) atoms. The predicted octanol–water partition coefficient (Wildman–Crippen LogP) is 2.69. The van der Waals surface area contributed by atoms with Crippen molar-refractivity contribution in [2.45, 2.75) is 0 Å². The molecule has 0 saturated heterocycles. The molecular weight excluding hydrogens is 273 g/mol. The smallest absolute Gasteiger partial charge is 0.422 e. The van der Waals surface area contributed by atoms with E-state index in [0.717, 1.165) is 0 Å². The van der Waals surface area contributed by atoms with Crippen LogP contribution in [0.15, 0.2) is 79.0 Å². The summed E-state index contributed by atoms with van der Waals surface area (Å²) in [5.74, 6) is 0. The van der Waals surface area contributed by atoms with Gasteiger partial charge in [-0.2, -0.15) is 0 Å². The van der Waals surface area contributed by atoms with Crippen LogP contribution in [0.3, 0.4) is 0 Å². The largest absolute Gasteiger partial charge is 0.505 e. The van der Waals surface area contributed by atoms with Crippen molar-refractivity contribution < 1.29 is 10.0 Å². The summed E-state index contributed by atoms with van der Waals surface area (Å²) in [6.07, 6.45) is 1.63. The minimum atomic E-state index is -1.37. The normalized spacial score (nSPS) is 10.3. The van der Waals surface area contributed by atoms with Crippen LogP contribution in [-0.2, 0) is 0 Å². The molecule has 0 aliphatic carbocycles. The molecule has 108 valence electrons. The van der Waals surface area contributed by atoms with E-state index >= 15 is 0 Å². The third kappa shape index (κ3) is 3.19. The second-order valence-electron chi connectivity index (χ2n) is 5.05. The van der Waals surface area contributed by atoms with Crippen molar-refractivity contribution in [3.05, 3.63) is 79.0 Å². The van der Waals surface area contributed by atoms with Crippen molar-refractivity contribution >= 4 is 34.3 Å². The van der Waals surface area contributed by atoms with Crippen LogP contribution >= 0.6 is 0 Å². The van der Waals surface area contributed by atoms with Gasteiger partial charge in [0.2, 0.25) is 0 Å². The number of aromatic amines is 1. The number of hydrogen-bond donors (Lipinski definition) is 3. The Bertz CT molecular complexity index is 767. The monoisotopic (exact) mass is 289 g/mol. The maximum absolute atomic E-state index is 8.44. The third-order valence-electron chi connectivity index (χ3n) is 3.51. The van der Waals surface area contributed by atoms with Crippen LogP contribution in [-0.4, -0.2) is 22.2 Å². The molecule has 0 unspecified atom stereocenters. The molecule has 0 bridgehead atoms. The first-order valence-electron chi connectivity index (χ1n) is 7.11. The van der Waals surface area contributed by atoms with E-state index in [1.807, 2.05) is 0 Å². The van der Waals surface area contributed by atoms with Gasteiger partial charge in [-0.3, -0.25) is 0 Å². The van der Waals surface area contributed by atoms with Crippen LogP contribution in [0.25, 0.3) is 21.5 Å². The quantitative estimate of drug-likeness (QED) is 0.373. The molecule has 1 aromatic heterocycles. The Labute approximate surface area is 129 Å². The first-order chi connectivity index (χ1) is 10.7. The second-order valence-corrected chi connectivity index (χ2v) is 5.05. The summed E-state index contributed by atoms with van der Waals surface area (Å²) in [5.41, 5.74) is 0.421. The van der Waals surface area contributed by atoms with Gasteiger partial charge in [-0.25, -0.2) is 0 Å². The minimum Gasteiger partial charge on any atom is -0.422 e. The SMILES string of the molecule is OB(O)c1ccc[nH]1.c1ccc2cc3ccccc3cc2c1. The van der Waals surface area contributed by atoms with E-state index in [-0.39, 0.29) is 0 Å². The van der Waals surface area contributed by atoms with Gasteiger partial charge < -0.3 is 15.0 Å². The van der Waals surface area contributed by atoms with Gasteiger partial charge in [0.15, 0.2) is 0 Å². The van der Waals surface area contributed by atoms with Gasteiger partial charge in [-0.05, 0) is 45.8 Å². The summed E-state index contributed by atoms with van der Waals surface area (Å²) >= 11 is 0. The van der Waals surface area contributed by atoms with Gasteiger partial charge in [0.05, 0.1) is 0 Å². The Morgan fingerprint density at radius 1 is 0.636 bits per heavy atom. The zero-order valence-corrected chi connectivity index (χ0v) is 12.0. The average Bonchev–Trinajstić information content (AvgIpc) is 3.08. The van der Waals surface area contributed by atoms with E-state index in [1.165, 1.54) is 21.5 Å². The Morgan fingerprint density at radius 3 is 1.36 bits per heavy atom. The molecule has 3 nitrogen and oxygen atoms in total. The summed E-state index contributed by atoms with van der Waals surface area (Å²) in [6.45, 7) is 0. The fourth-order valence-electron chi connectivity index (χ4n) is 2.39. The van der Waals surface area contributed by atoms with Crippen LogP contribution in [0.5, 0.6) is 0 Å². The topological polar surface area (TPSA) is 56.2 Å². The highest BCUT2D eigenvalue weighted by atomic mass is 16.4. The van der Waals surface area contributed by atoms with Crippen LogP contribution in [0.2, 0.25) is 0 Å². The van der Waals surface area contributed by atoms with Crippen molar-refractivity contribution in [2.24, 2.45) is 0 Å². The highest BCUT2D eigenvalue weighted by Gasteiger charge is 2.09. The van der Waals surface area contributed by atoms with E-state index < -0.39 is 7.12 Å². The molecule has 0 spiro atoms. The Balaban J connectivity index is 0.000000154. The lowest BCUT2D eigenvalue weighted by Crippen LogP contribution is -2.30. The van der Waals surface area contributed by atoms with Crippen LogP contribution in [0.1, 0.15) is 0 Å². The van der Waals surface area contributed by atoms with E-state index in [4.69, 9.17) is 10.0 Å². The van der Waals surface area contributed by atoms with Gasteiger partial charge >= 0.3 is 7.12 Å². The molecule has 0 atom stereocenters. The van der Waals surface area contributed by atoms with Gasteiger partial charge in [0.25, 0.3) is 0 Å². The molecular formula is C18H16BNO2. The molecule has 0 aliphatic heterocycles. The number of nitrogens with one attached hydrogen (secondary N) is 1. The second kappa shape index (κ2) is 6.47. The summed E-state index contributed by atoms with van der Waals surface area (Å²) in [4.78, 5) is 2.64. The van der Waals surface area contributed by atoms with Crippen LogP contribution in [0.4, 0.5) is 0 Å². The summed E-state index contributed by atoms with van der Waals surface area (Å²) < 4.78 is 0. The highest BCUT2D eigenvalue weighted by molar-refractivity contribution is 6.57. The van der Waals surface area contributed by atoms with Gasteiger partial charge in [0, 0.05) is 11.8 Å². The number of H-pyrrole nitrogens is 1. The third-order valence-corrected chi connectivity index (χ3v) is 3.51. The van der Waals surface area contributed by atoms with E-state index in [2.05, 4.69) is 65.6 Å². The molecule has 0 radical (unpaired) electrons. The Kier molecular flexibility index (Phi) is 4.23. The fraction of sp³-hybridized carbons (Fsp3) is 0. The fourth-order valence-corrected chi connectivity index (χ4v) is 2.39. The molecule has 3 aromatic carbocycles. The van der Waals surface area contributed by atoms with E-state index in [1.54, 1.807) is 18.3 Å². The lowest BCUT2D eigenvalue weighted by Gasteiger charge is -2.00. The first kappa shape index (κ1) is 14.4. The molecule has 0 fully saturated rings. The molecule has 0 saturated carbocycles. The zero-order valence-electron chi connectivity index (χ0n) is 12.0. The number of rotatable bonds is 1. The molecule has 3 N–H and O–H groups in total. The van der Waals surface area contributed by atoms with Crippen LogP contribution < -0.4 is 5.59 Å². The van der Waals surface area contributed by atoms with Crippen molar-refractivity contribution in [1.29, 1.82) is 0 Å². The number of benzene rings is 3. The van der Waals surface area contributed by atoms with Crippen molar-refractivity contribution in [3.8, 4) is 0 Å². The molecule has 0 aliphatic rings. The summed E-state index contributed by atoms with van der Waals surface area (Å²) in [5, 5.41) is 22.1. The van der Waals surface area contributed by atoms with Crippen LogP contribution in [0, 0.1) is 0 Å². The van der Waals surface area contributed by atoms with Crippen molar-refractivity contribution in [1.82, 2.24) is 4.98 Å². The average molecular weight is 289 g/mol. The zero-order chi connectivity index (χ0) is 15.4. The summed E-state index contributed by atoms with van der Waals surface area (Å²) in [6, 6.07) is 24.7. The van der Waals surface area contributed by atoms with E-state index in [9.17, 15) is 0 Å². The maximum Gasteiger partial charge on any atom is 0.505 e. The van der Waals surface area contributed by atoms with Gasteiger partial charge in [0.1, 0.15) is 0 Å². The predicted molar refractivity (Wildman–Crippen MR) is 92.1 cm³/mol. The molecule has 1 heterocycles. The van der Waals surface area contributed by atoms with E-state index in [0.29, 0.717) is 5.59 Å². The van der Waals surface area contributed by atoms with Gasteiger partial charge in [-0.1, -0.05) is 48.5 Å². The Morgan fingerprint density at radius 2 is 1.09 bits per heavy atom. The Hall–Kier alpha value is -2.56. The standard InChI is InChI=1S/C14H10.C4H6BNO2/c1-2-6-12-10-14-8-4-3-7-13(14)9-11(12)5-1;7-5(8)4-2-1-3-6-4/h1-10H;1-3,6-8H. The highest BCUT2D eigenvalue weighted by Crippen LogP contribution is 2.21. The van der Waals surface area contributed by atoms with Gasteiger partial charge in [-0.15, -0.1) is 0 Å². The molecule has 0 amide bonds. The maximum atomic E-state index is 8.44. The molecule has 4 aromatic rings. The number of fused-ring (bicyclic) bond motifs is 2. The lowest BCUT2D eigenvalue weighted by molar-refractivity contribution is 0.424. The summed E-state index contributed by atoms with van der Waals surface area (Å²) in [7, 11) is -1.37. The first-order valence-corrected chi connectivity index (χ1v) is 7.11.